The van der Waals surface area contributed by atoms with Crippen LogP contribution in [-0.2, 0) is 12.8 Å². The maximum absolute atomic E-state index is 5.44. The summed E-state index contributed by atoms with van der Waals surface area (Å²) < 4.78 is 2.69. The van der Waals surface area contributed by atoms with Crippen molar-refractivity contribution < 1.29 is 0 Å². The molecule has 4 heteroatoms. The number of nitrogens with one attached hydrogen (secondary N) is 1. The van der Waals surface area contributed by atoms with Gasteiger partial charge in [-0.25, -0.2) is 0 Å². The summed E-state index contributed by atoms with van der Waals surface area (Å²) in [5.41, 5.74) is 3.75. The first kappa shape index (κ1) is 16.7. The van der Waals surface area contributed by atoms with Crippen molar-refractivity contribution in [2.24, 2.45) is 0 Å². The first-order valence-electron chi connectivity index (χ1n) is 8.49. The minimum atomic E-state index is 0.578. The van der Waals surface area contributed by atoms with E-state index in [1.165, 1.54) is 11.1 Å². The molecule has 3 nitrogen and oxygen atoms in total. The van der Waals surface area contributed by atoms with Gasteiger partial charge in [-0.2, -0.15) is 5.10 Å². The van der Waals surface area contributed by atoms with Crippen molar-refractivity contribution in [1.29, 1.82) is 0 Å². The standard InChI is InChI=1S/C20H23N3S/c1-3-15(2)17-10-12-18(13-11-17)23-19(21-22-20(23)24)14-9-16-7-5-4-6-8-16/h4-8,10-13,15H,3,9,14H2,1-2H3,(H,22,24). The molecule has 0 aliphatic carbocycles. The maximum atomic E-state index is 5.44. The Morgan fingerprint density at radius 3 is 2.42 bits per heavy atom. The third-order valence-electron chi connectivity index (χ3n) is 4.55. The number of benzene rings is 2. The second-order valence-corrected chi connectivity index (χ2v) is 6.55. The molecule has 1 unspecified atom stereocenters. The first-order valence-corrected chi connectivity index (χ1v) is 8.90. The molecule has 1 aromatic heterocycles. The lowest BCUT2D eigenvalue weighted by Crippen LogP contribution is -2.04. The first-order chi connectivity index (χ1) is 11.7. The summed E-state index contributed by atoms with van der Waals surface area (Å²) in [6.45, 7) is 4.47. The molecule has 0 fully saturated rings. The molecule has 2 aromatic carbocycles. The van der Waals surface area contributed by atoms with Gasteiger partial charge in [-0.3, -0.25) is 9.67 Å². The number of aryl methyl sites for hydroxylation is 2. The normalized spacial score (nSPS) is 12.2. The van der Waals surface area contributed by atoms with Gasteiger partial charge in [-0.1, -0.05) is 56.3 Å². The van der Waals surface area contributed by atoms with E-state index in [0.29, 0.717) is 10.7 Å². The van der Waals surface area contributed by atoms with Crippen LogP contribution in [-0.4, -0.2) is 14.8 Å². The van der Waals surface area contributed by atoms with Gasteiger partial charge in [-0.05, 0) is 54.2 Å². The van der Waals surface area contributed by atoms with Crippen LogP contribution in [0.15, 0.2) is 54.6 Å². The molecule has 3 rings (SSSR count). The fourth-order valence-corrected chi connectivity index (χ4v) is 3.11. The number of nitrogens with zero attached hydrogens (tertiary/aromatic N) is 2. The van der Waals surface area contributed by atoms with Crippen molar-refractivity contribution in [3.05, 3.63) is 76.3 Å². The molecule has 0 radical (unpaired) electrons. The van der Waals surface area contributed by atoms with E-state index in [2.05, 4.69) is 72.6 Å². The number of hydrogen-bond donors (Lipinski definition) is 1. The maximum Gasteiger partial charge on any atom is 0.199 e. The number of aromatic amines is 1. The summed E-state index contributed by atoms with van der Waals surface area (Å²) in [5, 5.41) is 7.36. The molecule has 3 aromatic rings. The Bertz CT molecular complexity index is 831. The minimum absolute atomic E-state index is 0.578. The smallest absolute Gasteiger partial charge is 0.199 e. The number of aromatic nitrogens is 3. The average molecular weight is 337 g/mol. The highest BCUT2D eigenvalue weighted by atomic mass is 32.1. The third-order valence-corrected chi connectivity index (χ3v) is 4.83. The Hall–Kier alpha value is -2.20. The summed E-state index contributed by atoms with van der Waals surface area (Å²) in [7, 11) is 0. The van der Waals surface area contributed by atoms with Gasteiger partial charge in [0.1, 0.15) is 5.82 Å². The highest BCUT2D eigenvalue weighted by Gasteiger charge is 2.10. The van der Waals surface area contributed by atoms with Gasteiger partial charge >= 0.3 is 0 Å². The van der Waals surface area contributed by atoms with Crippen molar-refractivity contribution in [2.45, 2.75) is 39.0 Å². The fourth-order valence-electron chi connectivity index (χ4n) is 2.85. The molecular formula is C20H23N3S. The van der Waals surface area contributed by atoms with E-state index in [-0.39, 0.29) is 0 Å². The second kappa shape index (κ2) is 7.58. The van der Waals surface area contributed by atoms with Crippen LogP contribution in [0.5, 0.6) is 0 Å². The second-order valence-electron chi connectivity index (χ2n) is 6.17. The minimum Gasteiger partial charge on any atom is -0.272 e. The van der Waals surface area contributed by atoms with Gasteiger partial charge < -0.3 is 0 Å². The zero-order chi connectivity index (χ0) is 16.9. The molecule has 0 amide bonds. The molecular weight excluding hydrogens is 314 g/mol. The van der Waals surface area contributed by atoms with Crippen LogP contribution in [0.1, 0.15) is 43.1 Å². The molecule has 0 bridgehead atoms. The van der Waals surface area contributed by atoms with E-state index in [0.717, 1.165) is 30.8 Å². The molecule has 0 spiro atoms. The van der Waals surface area contributed by atoms with Gasteiger partial charge in [0, 0.05) is 12.1 Å². The van der Waals surface area contributed by atoms with Gasteiger partial charge in [0.25, 0.3) is 0 Å². The van der Waals surface area contributed by atoms with E-state index < -0.39 is 0 Å². The Morgan fingerprint density at radius 1 is 1.04 bits per heavy atom. The zero-order valence-electron chi connectivity index (χ0n) is 14.2. The van der Waals surface area contributed by atoms with Crippen molar-refractivity contribution in [2.75, 3.05) is 0 Å². The molecule has 24 heavy (non-hydrogen) atoms. The Kier molecular flexibility index (Phi) is 5.26. The van der Waals surface area contributed by atoms with E-state index in [4.69, 9.17) is 12.2 Å². The van der Waals surface area contributed by atoms with E-state index >= 15 is 0 Å². The van der Waals surface area contributed by atoms with Gasteiger partial charge in [0.05, 0.1) is 0 Å². The van der Waals surface area contributed by atoms with Crippen LogP contribution in [0, 0.1) is 4.77 Å². The molecule has 0 aliphatic rings. The topological polar surface area (TPSA) is 33.6 Å². The highest BCUT2D eigenvalue weighted by Crippen LogP contribution is 2.21. The van der Waals surface area contributed by atoms with Crippen LogP contribution in [0.4, 0.5) is 0 Å². The number of H-pyrrole nitrogens is 1. The fraction of sp³-hybridized carbons (Fsp3) is 0.300. The SMILES string of the molecule is CCC(C)c1ccc(-n2c(CCc3ccccc3)n[nH]c2=S)cc1. The van der Waals surface area contributed by atoms with Crippen molar-refractivity contribution in [3.8, 4) is 5.69 Å². The van der Waals surface area contributed by atoms with E-state index in [1.54, 1.807) is 0 Å². The van der Waals surface area contributed by atoms with Crippen LogP contribution in [0.25, 0.3) is 5.69 Å². The Labute approximate surface area is 148 Å². The van der Waals surface area contributed by atoms with Crippen LogP contribution in [0.2, 0.25) is 0 Å². The predicted octanol–water partition coefficient (Wildman–Crippen LogP) is 5.23. The molecule has 1 heterocycles. The van der Waals surface area contributed by atoms with Crippen molar-refractivity contribution in [3.63, 3.8) is 0 Å². The van der Waals surface area contributed by atoms with E-state index in [1.807, 2.05) is 10.6 Å². The van der Waals surface area contributed by atoms with Crippen LogP contribution < -0.4 is 0 Å². The summed E-state index contributed by atoms with van der Waals surface area (Å²) in [6.07, 6.45) is 2.95. The molecule has 1 atom stereocenters. The summed E-state index contributed by atoms with van der Waals surface area (Å²) >= 11 is 5.44. The quantitative estimate of drug-likeness (QED) is 0.625. The van der Waals surface area contributed by atoms with Crippen molar-refractivity contribution >= 4 is 12.2 Å². The predicted molar refractivity (Wildman–Crippen MR) is 101 cm³/mol. The Balaban J connectivity index is 1.83. The molecule has 124 valence electrons. The summed E-state index contributed by atoms with van der Waals surface area (Å²) in [4.78, 5) is 0. The van der Waals surface area contributed by atoms with Gasteiger partial charge in [0.15, 0.2) is 4.77 Å². The van der Waals surface area contributed by atoms with Gasteiger partial charge in [-0.15, -0.1) is 0 Å². The van der Waals surface area contributed by atoms with E-state index in [9.17, 15) is 0 Å². The van der Waals surface area contributed by atoms with Gasteiger partial charge in [0.2, 0.25) is 0 Å². The highest BCUT2D eigenvalue weighted by molar-refractivity contribution is 7.71. The Morgan fingerprint density at radius 2 is 1.75 bits per heavy atom. The molecule has 0 aliphatic heterocycles. The monoisotopic (exact) mass is 337 g/mol. The zero-order valence-corrected chi connectivity index (χ0v) is 15.0. The number of rotatable bonds is 6. The lowest BCUT2D eigenvalue weighted by Gasteiger charge is -2.11. The van der Waals surface area contributed by atoms with Crippen LogP contribution in [0.3, 0.4) is 0 Å². The lowest BCUT2D eigenvalue weighted by molar-refractivity contribution is 0.733. The van der Waals surface area contributed by atoms with Crippen molar-refractivity contribution in [1.82, 2.24) is 14.8 Å². The molecule has 1 N–H and O–H groups in total. The summed E-state index contributed by atoms with van der Waals surface area (Å²) in [5.74, 6) is 1.55. The molecule has 0 saturated heterocycles. The number of hydrogen-bond acceptors (Lipinski definition) is 2. The lowest BCUT2D eigenvalue weighted by atomic mass is 9.98. The summed E-state index contributed by atoms with van der Waals surface area (Å²) in [6, 6.07) is 19.1. The average Bonchev–Trinajstić information content (AvgIpc) is 3.01. The largest absolute Gasteiger partial charge is 0.272 e. The molecule has 0 saturated carbocycles. The van der Waals surface area contributed by atoms with Crippen LogP contribution >= 0.6 is 12.2 Å². The third kappa shape index (κ3) is 3.65.